The highest BCUT2D eigenvalue weighted by Crippen LogP contribution is 2.24. The van der Waals surface area contributed by atoms with Crippen LogP contribution in [0.2, 0.25) is 0 Å². The molecular formula is C15H21N3O2. The molecule has 1 heterocycles. The zero-order valence-electron chi connectivity index (χ0n) is 12.0. The van der Waals surface area contributed by atoms with Crippen LogP contribution in [-0.4, -0.2) is 24.9 Å². The van der Waals surface area contributed by atoms with E-state index in [-0.39, 0.29) is 17.7 Å². The highest BCUT2D eigenvalue weighted by molar-refractivity contribution is 5.96. The first-order chi connectivity index (χ1) is 9.58. The molecule has 0 saturated carbocycles. The number of piperidine rings is 1. The Morgan fingerprint density at radius 1 is 1.25 bits per heavy atom. The summed E-state index contributed by atoms with van der Waals surface area (Å²) in [7, 11) is 0. The van der Waals surface area contributed by atoms with Gasteiger partial charge < -0.3 is 16.0 Å². The Kier molecular flexibility index (Phi) is 4.74. The Bertz CT molecular complexity index is 508. The smallest absolute Gasteiger partial charge is 0.228 e. The lowest BCUT2D eigenvalue weighted by Gasteiger charge is -2.22. The van der Waals surface area contributed by atoms with E-state index in [4.69, 9.17) is 0 Å². The van der Waals surface area contributed by atoms with Crippen LogP contribution in [0.1, 0.15) is 25.3 Å². The molecule has 2 rings (SSSR count). The van der Waals surface area contributed by atoms with Crippen LogP contribution >= 0.6 is 0 Å². The average molecular weight is 275 g/mol. The minimum Gasteiger partial charge on any atom is -0.326 e. The van der Waals surface area contributed by atoms with E-state index in [0.717, 1.165) is 42.9 Å². The highest BCUT2D eigenvalue weighted by atomic mass is 16.2. The van der Waals surface area contributed by atoms with Gasteiger partial charge in [-0.2, -0.15) is 0 Å². The molecule has 1 aliphatic rings. The summed E-state index contributed by atoms with van der Waals surface area (Å²) in [6.45, 7) is 5.08. The molecule has 0 spiro atoms. The summed E-state index contributed by atoms with van der Waals surface area (Å²) in [5, 5.41) is 8.96. The third kappa shape index (κ3) is 3.57. The SMILES string of the molecule is CC(=O)Nc1cccc(NC(=O)C2CCCNC2)c1C. The second-order valence-electron chi connectivity index (χ2n) is 5.19. The van der Waals surface area contributed by atoms with E-state index in [1.807, 2.05) is 25.1 Å². The second kappa shape index (κ2) is 6.52. The van der Waals surface area contributed by atoms with Crippen molar-refractivity contribution in [2.45, 2.75) is 26.7 Å². The van der Waals surface area contributed by atoms with Gasteiger partial charge in [0.2, 0.25) is 11.8 Å². The predicted octanol–water partition coefficient (Wildman–Crippen LogP) is 1.89. The van der Waals surface area contributed by atoms with Crippen LogP contribution in [0.25, 0.3) is 0 Å². The lowest BCUT2D eigenvalue weighted by atomic mass is 9.98. The fourth-order valence-corrected chi connectivity index (χ4v) is 2.41. The van der Waals surface area contributed by atoms with Crippen LogP contribution in [0.15, 0.2) is 18.2 Å². The van der Waals surface area contributed by atoms with Crippen LogP contribution < -0.4 is 16.0 Å². The fraction of sp³-hybridized carbons (Fsp3) is 0.467. The summed E-state index contributed by atoms with van der Waals surface area (Å²) >= 11 is 0. The number of hydrogen-bond acceptors (Lipinski definition) is 3. The van der Waals surface area contributed by atoms with Crippen LogP contribution in [0.4, 0.5) is 11.4 Å². The Hall–Kier alpha value is -1.88. The van der Waals surface area contributed by atoms with E-state index in [9.17, 15) is 9.59 Å². The first-order valence-corrected chi connectivity index (χ1v) is 6.96. The second-order valence-corrected chi connectivity index (χ2v) is 5.19. The molecule has 0 aliphatic carbocycles. The Morgan fingerprint density at radius 2 is 1.95 bits per heavy atom. The number of carbonyl (C=O) groups is 2. The van der Waals surface area contributed by atoms with Crippen LogP contribution in [-0.2, 0) is 9.59 Å². The molecule has 5 heteroatoms. The largest absolute Gasteiger partial charge is 0.326 e. The zero-order chi connectivity index (χ0) is 14.5. The summed E-state index contributed by atoms with van der Waals surface area (Å²) in [5.41, 5.74) is 2.36. The lowest BCUT2D eigenvalue weighted by Crippen LogP contribution is -2.37. The molecule has 1 aliphatic heterocycles. The van der Waals surface area contributed by atoms with Crippen molar-refractivity contribution >= 4 is 23.2 Å². The molecule has 1 aromatic rings. The van der Waals surface area contributed by atoms with Gasteiger partial charge in [0.25, 0.3) is 0 Å². The topological polar surface area (TPSA) is 70.2 Å². The quantitative estimate of drug-likeness (QED) is 0.789. The van der Waals surface area contributed by atoms with Crippen molar-refractivity contribution in [1.29, 1.82) is 0 Å². The van der Waals surface area contributed by atoms with Crippen molar-refractivity contribution < 1.29 is 9.59 Å². The van der Waals surface area contributed by atoms with Crippen molar-refractivity contribution in [2.75, 3.05) is 23.7 Å². The van der Waals surface area contributed by atoms with Gasteiger partial charge in [0, 0.05) is 24.8 Å². The molecule has 1 unspecified atom stereocenters. The first-order valence-electron chi connectivity index (χ1n) is 6.96. The van der Waals surface area contributed by atoms with Crippen molar-refractivity contribution in [3.05, 3.63) is 23.8 Å². The average Bonchev–Trinajstić information content (AvgIpc) is 2.43. The molecule has 1 atom stereocenters. The number of hydrogen-bond donors (Lipinski definition) is 3. The Balaban J connectivity index is 2.08. The third-order valence-corrected chi connectivity index (χ3v) is 3.57. The first kappa shape index (κ1) is 14.5. The summed E-state index contributed by atoms with van der Waals surface area (Å²) in [5.74, 6) is -0.0547. The Labute approximate surface area is 119 Å². The third-order valence-electron chi connectivity index (χ3n) is 3.57. The molecule has 5 nitrogen and oxygen atoms in total. The van der Waals surface area contributed by atoms with E-state index in [0.29, 0.717) is 0 Å². The van der Waals surface area contributed by atoms with Gasteiger partial charge in [-0.15, -0.1) is 0 Å². The van der Waals surface area contributed by atoms with Gasteiger partial charge in [-0.25, -0.2) is 0 Å². The maximum atomic E-state index is 12.2. The lowest BCUT2D eigenvalue weighted by molar-refractivity contribution is -0.120. The summed E-state index contributed by atoms with van der Waals surface area (Å²) in [6, 6.07) is 5.51. The van der Waals surface area contributed by atoms with Gasteiger partial charge in [-0.05, 0) is 44.0 Å². The Morgan fingerprint density at radius 3 is 2.55 bits per heavy atom. The van der Waals surface area contributed by atoms with Crippen molar-refractivity contribution in [2.24, 2.45) is 5.92 Å². The fourth-order valence-electron chi connectivity index (χ4n) is 2.41. The molecule has 108 valence electrons. The maximum absolute atomic E-state index is 12.2. The molecule has 3 N–H and O–H groups in total. The maximum Gasteiger partial charge on any atom is 0.228 e. The van der Waals surface area contributed by atoms with Gasteiger partial charge in [-0.3, -0.25) is 9.59 Å². The number of amides is 2. The molecule has 20 heavy (non-hydrogen) atoms. The van der Waals surface area contributed by atoms with Gasteiger partial charge in [0.15, 0.2) is 0 Å². The van der Waals surface area contributed by atoms with E-state index in [2.05, 4.69) is 16.0 Å². The molecule has 2 amide bonds. The van der Waals surface area contributed by atoms with Gasteiger partial charge in [-0.1, -0.05) is 6.07 Å². The van der Waals surface area contributed by atoms with Gasteiger partial charge >= 0.3 is 0 Å². The minimum atomic E-state index is -0.118. The molecule has 0 aromatic heterocycles. The summed E-state index contributed by atoms with van der Waals surface area (Å²) < 4.78 is 0. The van der Waals surface area contributed by atoms with E-state index >= 15 is 0 Å². The number of rotatable bonds is 3. The summed E-state index contributed by atoms with van der Waals surface area (Å²) in [4.78, 5) is 23.4. The van der Waals surface area contributed by atoms with E-state index in [1.165, 1.54) is 6.92 Å². The zero-order valence-corrected chi connectivity index (χ0v) is 12.0. The molecular weight excluding hydrogens is 254 g/mol. The minimum absolute atomic E-state index is 0.0209. The molecule has 0 radical (unpaired) electrons. The monoisotopic (exact) mass is 275 g/mol. The van der Waals surface area contributed by atoms with Crippen LogP contribution in [0.5, 0.6) is 0 Å². The van der Waals surface area contributed by atoms with Crippen molar-refractivity contribution in [3.8, 4) is 0 Å². The number of nitrogens with one attached hydrogen (secondary N) is 3. The molecule has 1 fully saturated rings. The van der Waals surface area contributed by atoms with Crippen molar-refractivity contribution in [1.82, 2.24) is 5.32 Å². The number of benzene rings is 1. The van der Waals surface area contributed by atoms with E-state index in [1.54, 1.807) is 0 Å². The van der Waals surface area contributed by atoms with Crippen LogP contribution in [0, 0.1) is 12.8 Å². The van der Waals surface area contributed by atoms with Crippen molar-refractivity contribution in [3.63, 3.8) is 0 Å². The molecule has 1 aromatic carbocycles. The normalized spacial score (nSPS) is 18.4. The van der Waals surface area contributed by atoms with Gasteiger partial charge in [0.1, 0.15) is 0 Å². The summed E-state index contributed by atoms with van der Waals surface area (Å²) in [6.07, 6.45) is 1.95. The number of carbonyl (C=O) groups excluding carboxylic acids is 2. The molecule has 0 bridgehead atoms. The molecule has 1 saturated heterocycles. The van der Waals surface area contributed by atoms with Crippen LogP contribution in [0.3, 0.4) is 0 Å². The predicted molar refractivity (Wildman–Crippen MR) is 79.7 cm³/mol. The van der Waals surface area contributed by atoms with E-state index < -0.39 is 0 Å². The standard InChI is InChI=1S/C15H21N3O2/c1-10-13(17-11(2)19)6-3-7-14(10)18-15(20)12-5-4-8-16-9-12/h3,6-7,12,16H,4-5,8-9H2,1-2H3,(H,17,19)(H,18,20). The number of anilines is 2. The highest BCUT2D eigenvalue weighted by Gasteiger charge is 2.21. The van der Waals surface area contributed by atoms with Gasteiger partial charge in [0.05, 0.1) is 5.92 Å².